The first-order valence-electron chi connectivity index (χ1n) is 3.46. The normalized spacial score (nSPS) is 10.0. The lowest BCUT2D eigenvalue weighted by Gasteiger charge is -1.92. The number of carbonyl (C=O) groups excluding carboxylic acids is 1. The Bertz CT molecular complexity index is 359. The number of halogens is 1. The van der Waals surface area contributed by atoms with Crippen molar-refractivity contribution in [3.05, 3.63) is 16.4 Å². The molecule has 0 spiro atoms. The minimum Gasteiger partial charge on any atom is -0.476 e. The van der Waals surface area contributed by atoms with E-state index in [4.69, 9.17) is 16.7 Å². The minimum absolute atomic E-state index is 0.0334. The maximum Gasteiger partial charge on any atom is 0.356 e. The molecule has 5 nitrogen and oxygen atoms in total. The third kappa shape index (κ3) is 1.70. The van der Waals surface area contributed by atoms with Crippen molar-refractivity contribution >= 4 is 23.9 Å². The summed E-state index contributed by atoms with van der Waals surface area (Å²) in [6.07, 6.45) is 0.559. The van der Waals surface area contributed by atoms with Crippen LogP contribution in [0.1, 0.15) is 16.1 Å². The van der Waals surface area contributed by atoms with Crippen LogP contribution in [-0.2, 0) is 18.3 Å². The molecule has 0 aliphatic rings. The molecule has 1 N–H and O–H groups in total. The van der Waals surface area contributed by atoms with Crippen molar-refractivity contribution < 1.29 is 14.7 Å². The number of aromatic nitrogens is 2. The van der Waals surface area contributed by atoms with Crippen LogP contribution in [-0.4, -0.2) is 27.1 Å². The van der Waals surface area contributed by atoms with Crippen molar-refractivity contribution in [1.29, 1.82) is 0 Å². The average molecular weight is 203 g/mol. The lowest BCUT2D eigenvalue weighted by atomic mass is 10.2. The summed E-state index contributed by atoms with van der Waals surface area (Å²) in [6.45, 7) is 0. The summed E-state index contributed by atoms with van der Waals surface area (Å²) in [6, 6.07) is 0. The number of aromatic carboxylic acids is 1. The molecule has 0 amide bonds. The number of nitrogens with zero attached hydrogens (tertiary/aromatic N) is 2. The number of carboxylic acid groups (broad SMARTS) is 1. The predicted octanol–water partition coefficient (Wildman–Crippen LogP) is 0.513. The number of aldehydes is 1. The highest BCUT2D eigenvalue weighted by molar-refractivity contribution is 6.31. The van der Waals surface area contributed by atoms with Crippen LogP contribution in [0.5, 0.6) is 0 Å². The smallest absolute Gasteiger partial charge is 0.356 e. The van der Waals surface area contributed by atoms with Crippen molar-refractivity contribution in [2.24, 2.45) is 7.05 Å². The van der Waals surface area contributed by atoms with E-state index in [0.29, 0.717) is 6.29 Å². The van der Waals surface area contributed by atoms with E-state index in [2.05, 4.69) is 5.10 Å². The molecule has 0 aliphatic heterocycles. The number of hydrogen-bond acceptors (Lipinski definition) is 3. The molecular formula is C7H7ClN2O3. The summed E-state index contributed by atoms with van der Waals surface area (Å²) in [5, 5.41) is 12.5. The van der Waals surface area contributed by atoms with E-state index in [0.717, 1.165) is 0 Å². The van der Waals surface area contributed by atoms with E-state index in [9.17, 15) is 9.59 Å². The van der Waals surface area contributed by atoms with E-state index < -0.39 is 5.97 Å². The zero-order chi connectivity index (χ0) is 10.0. The van der Waals surface area contributed by atoms with E-state index in [-0.39, 0.29) is 22.8 Å². The molecule has 0 unspecified atom stereocenters. The summed E-state index contributed by atoms with van der Waals surface area (Å²) >= 11 is 5.72. The van der Waals surface area contributed by atoms with Gasteiger partial charge in [0.1, 0.15) is 11.4 Å². The topological polar surface area (TPSA) is 72.2 Å². The first-order valence-corrected chi connectivity index (χ1v) is 3.84. The fourth-order valence-corrected chi connectivity index (χ4v) is 1.19. The van der Waals surface area contributed by atoms with Gasteiger partial charge in [0, 0.05) is 19.0 Å². The molecule has 6 heteroatoms. The van der Waals surface area contributed by atoms with Gasteiger partial charge in [-0.15, -0.1) is 0 Å². The number of hydrogen-bond donors (Lipinski definition) is 1. The fourth-order valence-electron chi connectivity index (χ4n) is 0.983. The Balaban J connectivity index is 3.25. The molecule has 0 radical (unpaired) electrons. The van der Waals surface area contributed by atoms with Crippen LogP contribution in [0.4, 0.5) is 0 Å². The van der Waals surface area contributed by atoms with Gasteiger partial charge in [0.2, 0.25) is 0 Å². The Morgan fingerprint density at radius 3 is 2.85 bits per heavy atom. The van der Waals surface area contributed by atoms with Crippen molar-refractivity contribution in [3.8, 4) is 0 Å². The Morgan fingerprint density at radius 1 is 1.77 bits per heavy atom. The maximum absolute atomic E-state index is 10.6. The predicted molar refractivity (Wildman–Crippen MR) is 44.9 cm³/mol. The van der Waals surface area contributed by atoms with Gasteiger partial charge in [-0.2, -0.15) is 5.10 Å². The highest BCUT2D eigenvalue weighted by atomic mass is 35.5. The van der Waals surface area contributed by atoms with Gasteiger partial charge < -0.3 is 9.90 Å². The van der Waals surface area contributed by atoms with Crippen LogP contribution < -0.4 is 0 Å². The quantitative estimate of drug-likeness (QED) is 0.725. The third-order valence-electron chi connectivity index (χ3n) is 1.56. The molecule has 0 atom stereocenters. The second kappa shape index (κ2) is 3.57. The van der Waals surface area contributed by atoms with E-state index in [1.165, 1.54) is 11.7 Å². The molecule has 0 saturated carbocycles. The zero-order valence-corrected chi connectivity index (χ0v) is 7.58. The Hall–Kier alpha value is -1.36. The molecule has 1 aromatic rings. The SMILES string of the molecule is Cn1nc(C(=O)O)c(CC=O)c1Cl. The van der Waals surface area contributed by atoms with Crippen LogP contribution in [0.15, 0.2) is 0 Å². The van der Waals surface area contributed by atoms with Gasteiger partial charge in [-0.05, 0) is 0 Å². The van der Waals surface area contributed by atoms with E-state index >= 15 is 0 Å². The second-order valence-corrected chi connectivity index (χ2v) is 2.78. The Morgan fingerprint density at radius 2 is 2.38 bits per heavy atom. The number of aryl methyl sites for hydroxylation is 1. The molecule has 1 rings (SSSR count). The van der Waals surface area contributed by atoms with Gasteiger partial charge >= 0.3 is 5.97 Å². The molecule has 70 valence electrons. The summed E-state index contributed by atoms with van der Waals surface area (Å²) in [5.41, 5.74) is 0.0891. The largest absolute Gasteiger partial charge is 0.476 e. The molecule has 13 heavy (non-hydrogen) atoms. The molecule has 0 aromatic carbocycles. The van der Waals surface area contributed by atoms with Gasteiger partial charge in [0.15, 0.2) is 5.69 Å². The van der Waals surface area contributed by atoms with Crippen LogP contribution in [0, 0.1) is 0 Å². The minimum atomic E-state index is -1.18. The van der Waals surface area contributed by atoms with Crippen LogP contribution in [0.3, 0.4) is 0 Å². The summed E-state index contributed by atoms with van der Waals surface area (Å²) in [5.74, 6) is -1.18. The Kier molecular flexibility index (Phi) is 2.67. The van der Waals surface area contributed by atoms with Crippen LogP contribution >= 0.6 is 11.6 Å². The van der Waals surface area contributed by atoms with Gasteiger partial charge in [-0.1, -0.05) is 11.6 Å². The molecule has 0 bridgehead atoms. The molecular weight excluding hydrogens is 196 g/mol. The summed E-state index contributed by atoms with van der Waals surface area (Å²) in [7, 11) is 1.52. The maximum atomic E-state index is 10.6. The molecule has 0 saturated heterocycles. The lowest BCUT2D eigenvalue weighted by Crippen LogP contribution is -2.02. The summed E-state index contributed by atoms with van der Waals surface area (Å²) < 4.78 is 1.23. The van der Waals surface area contributed by atoms with Crippen LogP contribution in [0.2, 0.25) is 5.15 Å². The lowest BCUT2D eigenvalue weighted by molar-refractivity contribution is -0.107. The summed E-state index contributed by atoms with van der Waals surface area (Å²) in [4.78, 5) is 20.8. The Labute approximate surface area is 78.9 Å². The second-order valence-electron chi connectivity index (χ2n) is 2.42. The van der Waals surface area contributed by atoms with Crippen molar-refractivity contribution in [1.82, 2.24) is 9.78 Å². The molecule has 1 heterocycles. The number of rotatable bonds is 3. The standard InChI is InChI=1S/C7H7ClN2O3/c1-10-6(8)4(2-3-11)5(9-10)7(12)13/h3H,2H2,1H3,(H,12,13). The zero-order valence-electron chi connectivity index (χ0n) is 6.82. The van der Waals surface area contributed by atoms with Crippen LogP contribution in [0.25, 0.3) is 0 Å². The average Bonchev–Trinajstić information content (AvgIpc) is 2.33. The first kappa shape index (κ1) is 9.73. The van der Waals surface area contributed by atoms with E-state index in [1.807, 2.05) is 0 Å². The van der Waals surface area contributed by atoms with Crippen molar-refractivity contribution in [3.63, 3.8) is 0 Å². The fraction of sp³-hybridized carbons (Fsp3) is 0.286. The van der Waals surface area contributed by atoms with E-state index in [1.54, 1.807) is 0 Å². The molecule has 1 aromatic heterocycles. The molecule has 0 fully saturated rings. The van der Waals surface area contributed by atoms with Gasteiger partial charge in [-0.25, -0.2) is 4.79 Å². The van der Waals surface area contributed by atoms with Gasteiger partial charge in [-0.3, -0.25) is 4.68 Å². The first-order chi connectivity index (χ1) is 6.07. The highest BCUT2D eigenvalue weighted by Crippen LogP contribution is 2.18. The van der Waals surface area contributed by atoms with Crippen molar-refractivity contribution in [2.45, 2.75) is 6.42 Å². The van der Waals surface area contributed by atoms with Crippen molar-refractivity contribution in [2.75, 3.05) is 0 Å². The number of carbonyl (C=O) groups is 2. The highest BCUT2D eigenvalue weighted by Gasteiger charge is 2.19. The monoisotopic (exact) mass is 202 g/mol. The van der Waals surface area contributed by atoms with Gasteiger partial charge in [0.25, 0.3) is 0 Å². The van der Waals surface area contributed by atoms with Gasteiger partial charge in [0.05, 0.1) is 0 Å². The number of carboxylic acids is 1. The molecule has 0 aliphatic carbocycles. The third-order valence-corrected chi connectivity index (χ3v) is 2.03.